The first-order valence-corrected chi connectivity index (χ1v) is 3.39. The topological polar surface area (TPSA) is 0 Å². The zero-order valence-electron chi connectivity index (χ0n) is 7.28. The fourth-order valence-corrected chi connectivity index (χ4v) is 0. The van der Waals surface area contributed by atoms with Crippen LogP contribution in [0.25, 0.3) is 0 Å². The van der Waals surface area contributed by atoms with Crippen LogP contribution in [0.5, 0.6) is 0 Å². The van der Waals surface area contributed by atoms with Crippen molar-refractivity contribution < 1.29 is 22.4 Å². The SMILES string of the molecule is C[CH-]CC.C[CH-]CC.I.[Ag]. The zero-order chi connectivity index (χ0) is 6.83. The van der Waals surface area contributed by atoms with Crippen molar-refractivity contribution in [2.24, 2.45) is 0 Å². The molecular weight excluding hydrogens is 331 g/mol. The summed E-state index contributed by atoms with van der Waals surface area (Å²) >= 11 is 0. The van der Waals surface area contributed by atoms with Gasteiger partial charge in [-0.3, -0.25) is 0 Å². The van der Waals surface area contributed by atoms with Gasteiger partial charge in [-0.1, -0.05) is 13.8 Å². The van der Waals surface area contributed by atoms with Crippen molar-refractivity contribution in [3.05, 3.63) is 12.8 Å². The van der Waals surface area contributed by atoms with E-state index in [0.29, 0.717) is 0 Å². The molecule has 0 aromatic carbocycles. The normalized spacial score (nSPS) is 6.00. The third kappa shape index (κ3) is 56.4. The molecule has 0 heterocycles. The molecule has 0 aliphatic rings. The van der Waals surface area contributed by atoms with Gasteiger partial charge in [0.15, 0.2) is 0 Å². The third-order valence-electron chi connectivity index (χ3n) is 0.816. The Morgan fingerprint density at radius 3 is 1.00 bits per heavy atom. The molecule has 0 N–H and O–H groups in total. The molecule has 2 heteroatoms. The predicted molar refractivity (Wildman–Crippen MR) is 55.9 cm³/mol. The van der Waals surface area contributed by atoms with Gasteiger partial charge in [0, 0.05) is 22.4 Å². The van der Waals surface area contributed by atoms with Crippen molar-refractivity contribution in [2.75, 3.05) is 0 Å². The van der Waals surface area contributed by atoms with E-state index in [-0.39, 0.29) is 46.4 Å². The molecular formula is C8H19AgI-2. The van der Waals surface area contributed by atoms with E-state index in [2.05, 4.69) is 40.5 Å². The van der Waals surface area contributed by atoms with Crippen molar-refractivity contribution in [1.29, 1.82) is 0 Å². The van der Waals surface area contributed by atoms with Crippen molar-refractivity contribution in [1.82, 2.24) is 0 Å². The summed E-state index contributed by atoms with van der Waals surface area (Å²) in [7, 11) is 0. The van der Waals surface area contributed by atoms with Crippen LogP contribution in [-0.2, 0) is 22.4 Å². The van der Waals surface area contributed by atoms with Crippen LogP contribution < -0.4 is 0 Å². The molecule has 0 unspecified atom stereocenters. The van der Waals surface area contributed by atoms with E-state index in [0.717, 1.165) is 0 Å². The Morgan fingerprint density at radius 2 is 1.00 bits per heavy atom. The number of unbranched alkanes of at least 4 members (excludes halogenated alkanes) is 2. The summed E-state index contributed by atoms with van der Waals surface area (Å²) < 4.78 is 0. The maximum absolute atomic E-state index is 2.12. The van der Waals surface area contributed by atoms with Gasteiger partial charge in [0.1, 0.15) is 0 Å². The molecule has 0 bridgehead atoms. The van der Waals surface area contributed by atoms with E-state index in [1.165, 1.54) is 12.8 Å². The van der Waals surface area contributed by atoms with Crippen LogP contribution in [0.2, 0.25) is 0 Å². The van der Waals surface area contributed by atoms with Crippen molar-refractivity contribution >= 4 is 24.0 Å². The van der Waals surface area contributed by atoms with Crippen molar-refractivity contribution in [3.8, 4) is 0 Å². The number of hydrogen-bond donors (Lipinski definition) is 0. The smallest absolute Gasteiger partial charge is 0 e. The Balaban J connectivity index is -0.0000000300. The largest absolute Gasteiger partial charge is 0.332 e. The summed E-state index contributed by atoms with van der Waals surface area (Å²) in [6, 6.07) is 0. The molecule has 10 heavy (non-hydrogen) atoms. The second-order valence-electron chi connectivity index (χ2n) is 1.63. The Bertz CT molecular complexity index is 17.2. The average Bonchev–Trinajstić information content (AvgIpc) is 1.88. The van der Waals surface area contributed by atoms with Gasteiger partial charge in [0.25, 0.3) is 0 Å². The summed E-state index contributed by atoms with van der Waals surface area (Å²) in [6.07, 6.45) is 6.64. The molecule has 71 valence electrons. The monoisotopic (exact) mass is 349 g/mol. The molecule has 0 spiro atoms. The molecule has 1 radical (unpaired) electrons. The van der Waals surface area contributed by atoms with Gasteiger partial charge in [-0.05, 0) is 0 Å². The average molecular weight is 350 g/mol. The fourth-order valence-electron chi connectivity index (χ4n) is 0. The molecule has 0 aromatic heterocycles. The zero-order valence-corrected chi connectivity index (χ0v) is 11.1. The first-order chi connectivity index (χ1) is 3.83. The van der Waals surface area contributed by atoms with Gasteiger partial charge in [-0.2, -0.15) is 26.7 Å². The van der Waals surface area contributed by atoms with Gasteiger partial charge in [0.05, 0.1) is 0 Å². The van der Waals surface area contributed by atoms with Gasteiger partial charge in [-0.15, -0.1) is 24.0 Å². The third-order valence-corrected chi connectivity index (χ3v) is 0.816. The minimum Gasteiger partial charge on any atom is -0.332 e. The molecule has 0 aromatic rings. The van der Waals surface area contributed by atoms with Crippen LogP contribution in [0.4, 0.5) is 0 Å². The molecule has 0 amide bonds. The molecule has 0 aliphatic carbocycles. The predicted octanol–water partition coefficient (Wildman–Crippen LogP) is 3.86. The minimum absolute atomic E-state index is 0. The van der Waals surface area contributed by atoms with Crippen LogP contribution in [-0.4, -0.2) is 0 Å². The van der Waals surface area contributed by atoms with E-state index >= 15 is 0 Å². The van der Waals surface area contributed by atoms with E-state index < -0.39 is 0 Å². The Kier molecular flexibility index (Phi) is 70.7. The summed E-state index contributed by atoms with van der Waals surface area (Å²) in [5, 5.41) is 0. The molecule has 0 rings (SSSR count). The first kappa shape index (κ1) is 22.5. The Labute approximate surface area is 99.1 Å². The number of rotatable bonds is 2. The fraction of sp³-hybridized carbons (Fsp3) is 0.750. The molecule has 0 saturated carbocycles. The second-order valence-corrected chi connectivity index (χ2v) is 1.63. The van der Waals surface area contributed by atoms with Crippen LogP contribution in [0.3, 0.4) is 0 Å². The quantitative estimate of drug-likeness (QED) is 0.403. The summed E-state index contributed by atoms with van der Waals surface area (Å²) in [5.74, 6) is 0. The second kappa shape index (κ2) is 31.4. The molecule has 0 aliphatic heterocycles. The van der Waals surface area contributed by atoms with Crippen LogP contribution in [0.15, 0.2) is 0 Å². The summed E-state index contributed by atoms with van der Waals surface area (Å²) in [6.45, 7) is 8.36. The molecule has 0 saturated heterocycles. The van der Waals surface area contributed by atoms with Crippen LogP contribution >= 0.6 is 24.0 Å². The van der Waals surface area contributed by atoms with Crippen molar-refractivity contribution in [3.63, 3.8) is 0 Å². The summed E-state index contributed by atoms with van der Waals surface area (Å²) in [5.41, 5.74) is 0. The van der Waals surface area contributed by atoms with E-state index in [1.54, 1.807) is 0 Å². The van der Waals surface area contributed by atoms with E-state index in [1.807, 2.05) is 0 Å². The Morgan fingerprint density at radius 1 is 0.900 bits per heavy atom. The standard InChI is InChI=1S/2C4H9.Ag.HI/c2*1-3-4-2;;/h2*3H,4H2,1-2H3;;1H/q2*-1;;. The minimum atomic E-state index is 0. The first-order valence-electron chi connectivity index (χ1n) is 3.39. The summed E-state index contributed by atoms with van der Waals surface area (Å²) in [4.78, 5) is 0. The van der Waals surface area contributed by atoms with E-state index in [9.17, 15) is 0 Å². The van der Waals surface area contributed by atoms with Gasteiger partial charge in [-0.25, -0.2) is 0 Å². The van der Waals surface area contributed by atoms with Crippen LogP contribution in [0.1, 0.15) is 40.5 Å². The van der Waals surface area contributed by atoms with E-state index in [4.69, 9.17) is 0 Å². The van der Waals surface area contributed by atoms with Gasteiger partial charge >= 0.3 is 0 Å². The maximum Gasteiger partial charge on any atom is 0 e. The van der Waals surface area contributed by atoms with Gasteiger partial charge in [0.2, 0.25) is 0 Å². The molecule has 0 atom stereocenters. The molecule has 0 nitrogen and oxygen atoms in total. The molecule has 0 fully saturated rings. The maximum atomic E-state index is 2.12. The Hall–Kier alpha value is 1.47. The van der Waals surface area contributed by atoms with Crippen molar-refractivity contribution in [2.45, 2.75) is 40.5 Å². The van der Waals surface area contributed by atoms with Crippen LogP contribution in [0, 0.1) is 12.8 Å². The number of hydrogen-bond acceptors (Lipinski definition) is 0. The van der Waals surface area contributed by atoms with Gasteiger partial charge < -0.3 is 12.8 Å². The number of halogens is 1.